The number of carbonyl (C=O) groups is 2. The maximum absolute atomic E-state index is 12.3. The highest BCUT2D eigenvalue weighted by Gasteiger charge is 2.43. The van der Waals surface area contributed by atoms with Crippen molar-refractivity contribution in [2.45, 2.75) is 65.0 Å². The first-order valence-electron chi connectivity index (χ1n) is 8.41. The molecule has 0 radical (unpaired) electrons. The number of esters is 1. The first kappa shape index (κ1) is 19.7. The van der Waals surface area contributed by atoms with Crippen molar-refractivity contribution in [1.82, 2.24) is 10.2 Å². The van der Waals surface area contributed by atoms with Gasteiger partial charge < -0.3 is 19.7 Å². The van der Waals surface area contributed by atoms with Gasteiger partial charge in [-0.15, -0.1) is 0 Å². The minimum absolute atomic E-state index is 0.245. The fourth-order valence-electron chi connectivity index (χ4n) is 2.65. The summed E-state index contributed by atoms with van der Waals surface area (Å²) in [5.41, 5.74) is -1.20. The van der Waals surface area contributed by atoms with Crippen LogP contribution in [0.5, 0.6) is 0 Å². The van der Waals surface area contributed by atoms with Gasteiger partial charge in [0.25, 0.3) is 0 Å². The second kappa shape index (κ2) is 7.99. The van der Waals surface area contributed by atoms with Crippen LogP contribution in [0.25, 0.3) is 0 Å². The van der Waals surface area contributed by atoms with Crippen molar-refractivity contribution in [3.63, 3.8) is 0 Å². The molecule has 1 saturated heterocycles. The van der Waals surface area contributed by atoms with Crippen molar-refractivity contribution < 1.29 is 19.1 Å². The lowest BCUT2D eigenvalue weighted by molar-refractivity contribution is -0.151. The lowest BCUT2D eigenvalue weighted by Gasteiger charge is -2.40. The molecule has 1 rings (SSSR count). The van der Waals surface area contributed by atoms with Crippen LogP contribution in [0.3, 0.4) is 0 Å². The lowest BCUT2D eigenvalue weighted by atomic mass is 9.87. The van der Waals surface area contributed by atoms with Crippen molar-refractivity contribution >= 4 is 12.1 Å². The van der Waals surface area contributed by atoms with E-state index in [9.17, 15) is 9.59 Å². The Hall–Kier alpha value is -1.30. The van der Waals surface area contributed by atoms with Crippen molar-refractivity contribution in [3.05, 3.63) is 0 Å². The van der Waals surface area contributed by atoms with Gasteiger partial charge in [-0.2, -0.15) is 0 Å². The van der Waals surface area contributed by atoms with E-state index in [0.717, 1.165) is 13.0 Å². The highest BCUT2D eigenvalue weighted by Crippen LogP contribution is 2.25. The number of nitrogens with zero attached hydrogens (tertiary/aromatic N) is 1. The summed E-state index contributed by atoms with van der Waals surface area (Å²) in [5, 5.41) is 3.37. The molecule has 1 fully saturated rings. The molecule has 1 aliphatic heterocycles. The van der Waals surface area contributed by atoms with E-state index in [1.807, 2.05) is 20.8 Å². The summed E-state index contributed by atoms with van der Waals surface area (Å²) >= 11 is 0. The molecular weight excluding hydrogens is 296 g/mol. The third-order valence-corrected chi connectivity index (χ3v) is 4.03. The van der Waals surface area contributed by atoms with Gasteiger partial charge in [-0.3, -0.25) is 4.79 Å². The van der Waals surface area contributed by atoms with Crippen LogP contribution in [0.4, 0.5) is 4.79 Å². The number of likely N-dealkylation sites (tertiary alicyclic amines) is 1. The van der Waals surface area contributed by atoms with Crippen LogP contribution in [-0.2, 0) is 14.3 Å². The van der Waals surface area contributed by atoms with Crippen LogP contribution in [0, 0.1) is 5.92 Å². The van der Waals surface area contributed by atoms with Gasteiger partial charge in [0, 0.05) is 13.1 Å². The zero-order valence-corrected chi connectivity index (χ0v) is 15.4. The molecule has 1 N–H and O–H groups in total. The topological polar surface area (TPSA) is 67.9 Å². The van der Waals surface area contributed by atoms with E-state index < -0.39 is 11.1 Å². The van der Waals surface area contributed by atoms with E-state index in [2.05, 4.69) is 19.2 Å². The number of hydrogen-bond donors (Lipinski definition) is 1. The number of methoxy groups -OCH3 is 1. The number of piperidine rings is 1. The number of amides is 1. The highest BCUT2D eigenvalue weighted by atomic mass is 16.6. The predicted molar refractivity (Wildman–Crippen MR) is 89.2 cm³/mol. The number of ether oxygens (including phenoxy) is 2. The minimum atomic E-state index is -0.692. The molecule has 1 amide bonds. The maximum Gasteiger partial charge on any atom is 0.410 e. The Balaban J connectivity index is 2.65. The second-order valence-electron chi connectivity index (χ2n) is 7.65. The molecule has 6 nitrogen and oxygen atoms in total. The average molecular weight is 328 g/mol. The third kappa shape index (κ3) is 6.01. The van der Waals surface area contributed by atoms with Gasteiger partial charge in [-0.25, -0.2) is 4.79 Å². The van der Waals surface area contributed by atoms with Crippen molar-refractivity contribution in [2.75, 3.05) is 26.7 Å². The van der Waals surface area contributed by atoms with Crippen LogP contribution >= 0.6 is 0 Å². The molecule has 0 unspecified atom stereocenters. The number of hydrogen-bond acceptors (Lipinski definition) is 5. The SMILES string of the molecule is COC(=O)C1(NCCC(C)C)CCN(C(=O)OC(C)(C)C)CC1. The van der Waals surface area contributed by atoms with E-state index in [1.165, 1.54) is 7.11 Å². The van der Waals surface area contributed by atoms with Crippen molar-refractivity contribution in [2.24, 2.45) is 5.92 Å². The van der Waals surface area contributed by atoms with E-state index in [4.69, 9.17) is 9.47 Å². The molecule has 0 aromatic rings. The Morgan fingerprint density at radius 1 is 1.22 bits per heavy atom. The first-order valence-corrected chi connectivity index (χ1v) is 8.41. The molecule has 23 heavy (non-hydrogen) atoms. The lowest BCUT2D eigenvalue weighted by Crippen LogP contribution is -2.60. The Labute approximate surface area is 139 Å². The van der Waals surface area contributed by atoms with Crippen LogP contribution in [0.15, 0.2) is 0 Å². The monoisotopic (exact) mass is 328 g/mol. The summed E-state index contributed by atoms with van der Waals surface area (Å²) in [6.07, 6.45) is 1.75. The van der Waals surface area contributed by atoms with E-state index in [-0.39, 0.29) is 12.1 Å². The molecule has 1 aliphatic rings. The molecule has 0 spiro atoms. The Kier molecular flexibility index (Phi) is 6.86. The maximum atomic E-state index is 12.3. The minimum Gasteiger partial charge on any atom is -0.468 e. The summed E-state index contributed by atoms with van der Waals surface area (Å²) in [6, 6.07) is 0. The standard InChI is InChI=1S/C17H32N2O4/c1-13(2)7-10-18-17(14(20)22-6)8-11-19(12-9-17)15(21)23-16(3,4)5/h13,18H,7-12H2,1-6H3. The summed E-state index contributed by atoms with van der Waals surface area (Å²) < 4.78 is 10.4. The molecule has 1 heterocycles. The first-order chi connectivity index (χ1) is 10.6. The molecule has 6 heteroatoms. The van der Waals surface area contributed by atoms with Crippen molar-refractivity contribution in [1.29, 1.82) is 0 Å². The quantitative estimate of drug-likeness (QED) is 0.786. The van der Waals surface area contributed by atoms with Gasteiger partial charge in [0.1, 0.15) is 11.1 Å². The zero-order valence-electron chi connectivity index (χ0n) is 15.4. The van der Waals surface area contributed by atoms with Crippen LogP contribution < -0.4 is 5.32 Å². The average Bonchev–Trinajstić information content (AvgIpc) is 2.44. The molecule has 0 saturated carbocycles. The molecule has 134 valence electrons. The molecule has 0 atom stereocenters. The fourth-order valence-corrected chi connectivity index (χ4v) is 2.65. The number of nitrogens with one attached hydrogen (secondary N) is 1. The van der Waals surface area contributed by atoms with E-state index in [0.29, 0.717) is 31.8 Å². The van der Waals surface area contributed by atoms with Gasteiger partial charge >= 0.3 is 12.1 Å². The largest absolute Gasteiger partial charge is 0.468 e. The molecule has 0 aromatic carbocycles. The van der Waals surface area contributed by atoms with Gasteiger partial charge in [0.2, 0.25) is 0 Å². The molecule has 0 aliphatic carbocycles. The van der Waals surface area contributed by atoms with Gasteiger partial charge in [0.05, 0.1) is 7.11 Å². The van der Waals surface area contributed by atoms with Crippen LogP contribution in [0.2, 0.25) is 0 Å². The summed E-state index contributed by atoms with van der Waals surface area (Å²) in [7, 11) is 1.41. The van der Waals surface area contributed by atoms with Gasteiger partial charge in [-0.05, 0) is 52.5 Å². The number of carbonyl (C=O) groups excluding carboxylic acids is 2. The summed E-state index contributed by atoms with van der Waals surface area (Å²) in [4.78, 5) is 26.0. The molecular formula is C17H32N2O4. The molecule has 0 aromatic heterocycles. The predicted octanol–water partition coefficient (Wildman–Crippen LogP) is 2.56. The van der Waals surface area contributed by atoms with Gasteiger partial charge in [0.15, 0.2) is 0 Å². The van der Waals surface area contributed by atoms with E-state index >= 15 is 0 Å². The van der Waals surface area contributed by atoms with Crippen molar-refractivity contribution in [3.8, 4) is 0 Å². The van der Waals surface area contributed by atoms with Crippen LogP contribution in [0.1, 0.15) is 53.9 Å². The number of rotatable bonds is 5. The zero-order chi connectivity index (χ0) is 17.7. The Bertz CT molecular complexity index is 407. The highest BCUT2D eigenvalue weighted by molar-refractivity contribution is 5.81. The van der Waals surface area contributed by atoms with E-state index in [1.54, 1.807) is 4.90 Å². The summed E-state index contributed by atoms with van der Waals surface area (Å²) in [5.74, 6) is 0.323. The Morgan fingerprint density at radius 2 is 1.78 bits per heavy atom. The van der Waals surface area contributed by atoms with Gasteiger partial charge in [-0.1, -0.05) is 13.8 Å². The summed E-state index contributed by atoms with van der Waals surface area (Å²) in [6.45, 7) is 11.6. The molecule has 0 bridgehead atoms. The third-order valence-electron chi connectivity index (χ3n) is 4.03. The normalized spacial score (nSPS) is 18.0. The fraction of sp³-hybridized carbons (Fsp3) is 0.882. The second-order valence-corrected chi connectivity index (χ2v) is 7.65. The smallest absolute Gasteiger partial charge is 0.410 e. The van der Waals surface area contributed by atoms with Crippen LogP contribution in [-0.4, -0.2) is 54.8 Å². The Morgan fingerprint density at radius 3 is 2.22 bits per heavy atom.